The number of anilines is 1. The lowest BCUT2D eigenvalue weighted by Crippen LogP contribution is -2.39. The first-order valence-electron chi connectivity index (χ1n) is 7.32. The van der Waals surface area contributed by atoms with Gasteiger partial charge in [0, 0.05) is 25.2 Å². The molecule has 0 saturated heterocycles. The Morgan fingerprint density at radius 3 is 2.76 bits per heavy atom. The number of carbonyl (C=O) groups excluding carboxylic acids is 1. The summed E-state index contributed by atoms with van der Waals surface area (Å²) in [6.45, 7) is 2.07. The lowest BCUT2D eigenvalue weighted by atomic mass is 10.1. The Hall–Kier alpha value is -2.04. The third-order valence-corrected chi connectivity index (χ3v) is 4.04. The van der Waals surface area contributed by atoms with E-state index in [1.54, 1.807) is 4.90 Å². The highest BCUT2D eigenvalue weighted by atomic mass is 16.4. The first kappa shape index (κ1) is 15.4. The van der Waals surface area contributed by atoms with E-state index >= 15 is 0 Å². The van der Waals surface area contributed by atoms with Crippen molar-refractivity contribution in [2.45, 2.75) is 38.6 Å². The van der Waals surface area contributed by atoms with E-state index < -0.39 is 5.97 Å². The van der Waals surface area contributed by atoms with Gasteiger partial charge in [0.05, 0.1) is 0 Å². The molecule has 1 aromatic carbocycles. The van der Waals surface area contributed by atoms with Crippen molar-refractivity contribution in [3.63, 3.8) is 0 Å². The van der Waals surface area contributed by atoms with Crippen LogP contribution in [0.3, 0.4) is 0 Å². The number of nitrogens with one attached hydrogen (secondary N) is 1. The molecule has 0 aromatic heterocycles. The van der Waals surface area contributed by atoms with E-state index in [-0.39, 0.29) is 18.5 Å². The normalized spacial score (nSPS) is 15.3. The highest BCUT2D eigenvalue weighted by Gasteiger charge is 2.32. The summed E-state index contributed by atoms with van der Waals surface area (Å²) in [6.07, 6.45) is 2.95. The standard InChI is InChI=1S/C16H22N2O3/c1-11(13-7-8-13)18(2)16(21)17-14-5-3-4-12(10-14)6-9-15(19)20/h3-5,10-11,13H,6-9H2,1-2H3,(H,17,21)(H,19,20). The van der Waals surface area contributed by atoms with Gasteiger partial charge < -0.3 is 15.3 Å². The molecule has 1 unspecified atom stereocenters. The SMILES string of the molecule is CC(C1CC1)N(C)C(=O)Nc1cccc(CCC(=O)O)c1. The molecule has 2 amide bonds. The van der Waals surface area contributed by atoms with Crippen LogP contribution in [0, 0.1) is 5.92 Å². The van der Waals surface area contributed by atoms with Crippen molar-refractivity contribution in [2.24, 2.45) is 5.92 Å². The summed E-state index contributed by atoms with van der Waals surface area (Å²) in [5.74, 6) is -0.190. The van der Waals surface area contributed by atoms with Crippen molar-refractivity contribution in [1.29, 1.82) is 0 Å². The second-order valence-corrected chi connectivity index (χ2v) is 5.71. The number of benzene rings is 1. The number of rotatable bonds is 6. The van der Waals surface area contributed by atoms with Crippen molar-refractivity contribution in [2.75, 3.05) is 12.4 Å². The summed E-state index contributed by atoms with van der Waals surface area (Å²) in [4.78, 5) is 24.5. The van der Waals surface area contributed by atoms with Gasteiger partial charge in [0.1, 0.15) is 0 Å². The number of hydrogen-bond donors (Lipinski definition) is 2. The highest BCUT2D eigenvalue weighted by Crippen LogP contribution is 2.34. The quantitative estimate of drug-likeness (QED) is 0.846. The van der Waals surface area contributed by atoms with E-state index in [1.807, 2.05) is 31.3 Å². The fourth-order valence-electron chi connectivity index (χ4n) is 2.35. The number of carboxylic acids is 1. The number of aryl methyl sites for hydroxylation is 1. The number of carbonyl (C=O) groups is 2. The van der Waals surface area contributed by atoms with Crippen LogP contribution in [0.1, 0.15) is 31.7 Å². The zero-order valence-corrected chi connectivity index (χ0v) is 12.5. The molecule has 0 bridgehead atoms. The molecule has 0 heterocycles. The average molecular weight is 290 g/mol. The Morgan fingerprint density at radius 2 is 2.14 bits per heavy atom. The van der Waals surface area contributed by atoms with E-state index in [1.165, 1.54) is 12.8 Å². The van der Waals surface area contributed by atoms with E-state index in [0.717, 1.165) is 5.56 Å². The highest BCUT2D eigenvalue weighted by molar-refractivity contribution is 5.89. The van der Waals surface area contributed by atoms with Gasteiger partial charge in [-0.1, -0.05) is 12.1 Å². The maximum atomic E-state index is 12.2. The van der Waals surface area contributed by atoms with Gasteiger partial charge in [-0.05, 0) is 49.8 Å². The van der Waals surface area contributed by atoms with Crippen LogP contribution in [0.15, 0.2) is 24.3 Å². The molecule has 1 saturated carbocycles. The van der Waals surface area contributed by atoms with Gasteiger partial charge in [-0.25, -0.2) is 4.79 Å². The summed E-state index contributed by atoms with van der Waals surface area (Å²) in [7, 11) is 1.81. The molecule has 21 heavy (non-hydrogen) atoms. The van der Waals surface area contributed by atoms with E-state index in [4.69, 9.17) is 5.11 Å². The molecule has 1 aromatic rings. The number of urea groups is 1. The Balaban J connectivity index is 1.93. The predicted molar refractivity (Wildman–Crippen MR) is 81.4 cm³/mol. The molecule has 0 radical (unpaired) electrons. The van der Waals surface area contributed by atoms with Crippen LogP contribution in [-0.4, -0.2) is 35.1 Å². The van der Waals surface area contributed by atoms with Crippen molar-refractivity contribution < 1.29 is 14.7 Å². The van der Waals surface area contributed by atoms with Gasteiger partial charge in [-0.2, -0.15) is 0 Å². The Labute approximate surface area is 125 Å². The fraction of sp³-hybridized carbons (Fsp3) is 0.500. The Bertz CT molecular complexity index is 526. The number of amides is 2. The third-order valence-electron chi connectivity index (χ3n) is 4.04. The summed E-state index contributed by atoms with van der Waals surface area (Å²) in [5, 5.41) is 11.6. The molecule has 1 aliphatic rings. The van der Waals surface area contributed by atoms with E-state index in [0.29, 0.717) is 18.0 Å². The van der Waals surface area contributed by atoms with Gasteiger partial charge in [-0.15, -0.1) is 0 Å². The molecule has 5 heteroatoms. The van der Waals surface area contributed by atoms with Crippen LogP contribution in [0.5, 0.6) is 0 Å². The van der Waals surface area contributed by atoms with Crippen molar-refractivity contribution >= 4 is 17.7 Å². The lowest BCUT2D eigenvalue weighted by molar-refractivity contribution is -0.136. The Kier molecular flexibility index (Phi) is 4.83. The third kappa shape index (κ3) is 4.48. The molecule has 2 N–H and O–H groups in total. The predicted octanol–water partition coefficient (Wildman–Crippen LogP) is 2.97. The van der Waals surface area contributed by atoms with Crippen LogP contribution in [0.25, 0.3) is 0 Å². The van der Waals surface area contributed by atoms with Crippen molar-refractivity contribution in [1.82, 2.24) is 4.90 Å². The first-order valence-corrected chi connectivity index (χ1v) is 7.32. The molecule has 1 fully saturated rings. The van der Waals surface area contributed by atoms with Gasteiger partial charge in [0.25, 0.3) is 0 Å². The topological polar surface area (TPSA) is 69.6 Å². The Morgan fingerprint density at radius 1 is 1.43 bits per heavy atom. The van der Waals surface area contributed by atoms with Crippen molar-refractivity contribution in [3.8, 4) is 0 Å². The number of carboxylic acid groups (broad SMARTS) is 1. The molecule has 5 nitrogen and oxygen atoms in total. The largest absolute Gasteiger partial charge is 0.481 e. The smallest absolute Gasteiger partial charge is 0.321 e. The molecule has 0 aliphatic heterocycles. The van der Waals surface area contributed by atoms with Gasteiger partial charge in [0.2, 0.25) is 0 Å². The first-order chi connectivity index (χ1) is 9.97. The van der Waals surface area contributed by atoms with Crippen LogP contribution in [0.2, 0.25) is 0 Å². The zero-order chi connectivity index (χ0) is 15.4. The molecule has 1 atom stereocenters. The second-order valence-electron chi connectivity index (χ2n) is 5.71. The van der Waals surface area contributed by atoms with Crippen molar-refractivity contribution in [3.05, 3.63) is 29.8 Å². The minimum absolute atomic E-state index is 0.0933. The van der Waals surface area contributed by atoms with Crippen LogP contribution < -0.4 is 5.32 Å². The summed E-state index contributed by atoms with van der Waals surface area (Å²) in [6, 6.07) is 7.48. The zero-order valence-electron chi connectivity index (χ0n) is 12.5. The molecule has 2 rings (SSSR count). The monoisotopic (exact) mass is 290 g/mol. The van der Waals surface area contributed by atoms with Crippen LogP contribution in [0.4, 0.5) is 10.5 Å². The van der Waals surface area contributed by atoms with E-state index in [2.05, 4.69) is 12.2 Å². The maximum absolute atomic E-state index is 12.2. The minimum Gasteiger partial charge on any atom is -0.481 e. The van der Waals surface area contributed by atoms with Crippen LogP contribution in [-0.2, 0) is 11.2 Å². The molecular weight excluding hydrogens is 268 g/mol. The van der Waals surface area contributed by atoms with Gasteiger partial charge in [-0.3, -0.25) is 4.79 Å². The number of nitrogens with zero attached hydrogens (tertiary/aromatic N) is 1. The van der Waals surface area contributed by atoms with Gasteiger partial charge in [0.15, 0.2) is 0 Å². The summed E-state index contributed by atoms with van der Waals surface area (Å²) >= 11 is 0. The number of aliphatic carboxylic acids is 1. The number of hydrogen-bond acceptors (Lipinski definition) is 2. The average Bonchev–Trinajstić information content (AvgIpc) is 3.28. The summed E-state index contributed by atoms with van der Waals surface area (Å²) < 4.78 is 0. The molecule has 114 valence electrons. The molecule has 1 aliphatic carbocycles. The second kappa shape index (κ2) is 6.61. The van der Waals surface area contributed by atoms with E-state index in [9.17, 15) is 9.59 Å². The van der Waals surface area contributed by atoms with Gasteiger partial charge >= 0.3 is 12.0 Å². The lowest BCUT2D eigenvalue weighted by Gasteiger charge is -2.25. The fourth-order valence-corrected chi connectivity index (χ4v) is 2.35. The summed E-state index contributed by atoms with van der Waals surface area (Å²) in [5.41, 5.74) is 1.62. The maximum Gasteiger partial charge on any atom is 0.321 e. The molecular formula is C16H22N2O3. The van der Waals surface area contributed by atoms with Crippen LogP contribution >= 0.6 is 0 Å². The molecule has 0 spiro atoms. The minimum atomic E-state index is -0.817.